The Balaban J connectivity index is 1.68. The van der Waals surface area contributed by atoms with Gasteiger partial charge in [0.25, 0.3) is 0 Å². The third kappa shape index (κ3) is 2.62. The van der Waals surface area contributed by atoms with Gasteiger partial charge in [-0.2, -0.15) is 0 Å². The zero-order valence-corrected chi connectivity index (χ0v) is 11.3. The van der Waals surface area contributed by atoms with Crippen molar-refractivity contribution in [3.63, 3.8) is 0 Å². The minimum Gasteiger partial charge on any atom is -0.375 e. The van der Waals surface area contributed by atoms with Crippen molar-refractivity contribution in [3.8, 4) is 0 Å². The number of aromatic nitrogens is 3. The zero-order chi connectivity index (χ0) is 14.1. The van der Waals surface area contributed by atoms with Crippen molar-refractivity contribution < 1.29 is 8.78 Å². The van der Waals surface area contributed by atoms with Crippen LogP contribution in [-0.2, 0) is 12.8 Å². The van der Waals surface area contributed by atoms with E-state index in [1.807, 2.05) is 5.38 Å². The summed E-state index contributed by atoms with van der Waals surface area (Å²) in [5, 5.41) is 2.49. The van der Waals surface area contributed by atoms with Gasteiger partial charge in [0.05, 0.1) is 16.7 Å². The zero-order valence-electron chi connectivity index (χ0n) is 10.5. The SMILES string of the molecule is Nc1nc(CCCc2nc3cc(F)c(F)cc3[nH]2)cs1. The van der Waals surface area contributed by atoms with E-state index in [-0.39, 0.29) is 0 Å². The Kier molecular flexibility index (Phi) is 3.35. The molecule has 0 fully saturated rings. The smallest absolute Gasteiger partial charge is 0.180 e. The predicted molar refractivity (Wildman–Crippen MR) is 74.6 cm³/mol. The van der Waals surface area contributed by atoms with Crippen LogP contribution >= 0.6 is 11.3 Å². The number of aromatic amines is 1. The van der Waals surface area contributed by atoms with Gasteiger partial charge in [-0.25, -0.2) is 18.7 Å². The lowest BCUT2D eigenvalue weighted by Crippen LogP contribution is -1.93. The van der Waals surface area contributed by atoms with Crippen molar-refractivity contribution in [3.05, 3.63) is 40.7 Å². The van der Waals surface area contributed by atoms with Crippen molar-refractivity contribution in [2.45, 2.75) is 19.3 Å². The summed E-state index contributed by atoms with van der Waals surface area (Å²) in [7, 11) is 0. The molecule has 104 valence electrons. The predicted octanol–water partition coefficient (Wildman–Crippen LogP) is 3.06. The molecule has 2 aromatic heterocycles. The summed E-state index contributed by atoms with van der Waals surface area (Å²) >= 11 is 1.42. The molecule has 20 heavy (non-hydrogen) atoms. The van der Waals surface area contributed by atoms with E-state index in [2.05, 4.69) is 15.0 Å². The lowest BCUT2D eigenvalue weighted by atomic mass is 10.2. The van der Waals surface area contributed by atoms with Gasteiger partial charge < -0.3 is 10.7 Å². The number of halogens is 2. The van der Waals surface area contributed by atoms with E-state index in [9.17, 15) is 8.78 Å². The van der Waals surface area contributed by atoms with Crippen LogP contribution in [0, 0.1) is 11.6 Å². The summed E-state index contributed by atoms with van der Waals surface area (Å²) in [5.41, 5.74) is 7.47. The Morgan fingerprint density at radius 2 is 1.95 bits per heavy atom. The average Bonchev–Trinajstić information content (AvgIpc) is 2.97. The molecule has 0 aliphatic rings. The molecule has 0 amide bonds. The molecule has 3 N–H and O–H groups in total. The van der Waals surface area contributed by atoms with Crippen LogP contribution in [0.3, 0.4) is 0 Å². The van der Waals surface area contributed by atoms with Crippen LogP contribution in [0.5, 0.6) is 0 Å². The number of anilines is 1. The first-order valence-corrected chi connectivity index (χ1v) is 7.03. The number of nitrogen functional groups attached to an aromatic ring is 1. The molecule has 0 spiro atoms. The van der Waals surface area contributed by atoms with E-state index in [0.29, 0.717) is 28.4 Å². The Morgan fingerprint density at radius 3 is 2.70 bits per heavy atom. The number of fused-ring (bicyclic) bond motifs is 1. The maximum Gasteiger partial charge on any atom is 0.180 e. The molecule has 0 saturated heterocycles. The van der Waals surface area contributed by atoms with Crippen molar-refractivity contribution >= 4 is 27.5 Å². The van der Waals surface area contributed by atoms with Gasteiger partial charge in [-0.15, -0.1) is 11.3 Å². The monoisotopic (exact) mass is 294 g/mol. The molecule has 0 aliphatic carbocycles. The standard InChI is InChI=1S/C13H12F2N4S/c14-8-4-10-11(5-9(8)15)19-12(18-10)3-1-2-7-6-20-13(16)17-7/h4-6H,1-3H2,(H2,16,17)(H,18,19). The van der Waals surface area contributed by atoms with Gasteiger partial charge in [-0.05, 0) is 12.8 Å². The second-order valence-corrected chi connectivity index (χ2v) is 5.39. The molecule has 0 saturated carbocycles. The Morgan fingerprint density at radius 1 is 1.15 bits per heavy atom. The topological polar surface area (TPSA) is 67.6 Å². The Bertz CT molecular complexity index is 711. The highest BCUT2D eigenvalue weighted by molar-refractivity contribution is 7.13. The largest absolute Gasteiger partial charge is 0.375 e. The molecule has 2 heterocycles. The average molecular weight is 294 g/mol. The number of nitrogens with zero attached hydrogens (tertiary/aromatic N) is 2. The molecule has 0 bridgehead atoms. The third-order valence-corrected chi connectivity index (χ3v) is 3.71. The Hall–Kier alpha value is -2.02. The summed E-state index contributed by atoms with van der Waals surface area (Å²) in [6.07, 6.45) is 2.33. The maximum atomic E-state index is 13.1. The molecule has 7 heteroatoms. The highest BCUT2D eigenvalue weighted by Gasteiger charge is 2.08. The number of hydrogen-bond acceptors (Lipinski definition) is 4. The van der Waals surface area contributed by atoms with Crippen molar-refractivity contribution in [1.82, 2.24) is 15.0 Å². The minimum absolute atomic E-state index is 0.441. The Labute approximate surface area is 117 Å². The summed E-state index contributed by atoms with van der Waals surface area (Å²) in [6.45, 7) is 0. The summed E-state index contributed by atoms with van der Waals surface area (Å²) in [5.74, 6) is -1.03. The molecule has 4 nitrogen and oxygen atoms in total. The van der Waals surface area contributed by atoms with Gasteiger partial charge in [0, 0.05) is 23.9 Å². The first kappa shape index (κ1) is 13.0. The van der Waals surface area contributed by atoms with Crippen LogP contribution in [0.25, 0.3) is 11.0 Å². The number of H-pyrrole nitrogens is 1. The van der Waals surface area contributed by atoms with Gasteiger partial charge in [-0.3, -0.25) is 0 Å². The van der Waals surface area contributed by atoms with Gasteiger partial charge in [-0.1, -0.05) is 0 Å². The summed E-state index contributed by atoms with van der Waals surface area (Å²) in [6, 6.07) is 2.23. The van der Waals surface area contributed by atoms with Crippen LogP contribution in [0.2, 0.25) is 0 Å². The highest BCUT2D eigenvalue weighted by atomic mass is 32.1. The van der Waals surface area contributed by atoms with E-state index >= 15 is 0 Å². The number of nitrogens with two attached hydrogens (primary N) is 1. The van der Waals surface area contributed by atoms with Gasteiger partial charge in [0.1, 0.15) is 5.82 Å². The van der Waals surface area contributed by atoms with Crippen LogP contribution in [0.4, 0.5) is 13.9 Å². The second kappa shape index (κ2) is 5.16. The van der Waals surface area contributed by atoms with E-state index in [1.54, 1.807) is 0 Å². The fourth-order valence-corrected chi connectivity index (χ4v) is 2.65. The van der Waals surface area contributed by atoms with Gasteiger partial charge in [0.2, 0.25) is 0 Å². The number of benzene rings is 1. The normalized spacial score (nSPS) is 11.3. The number of aryl methyl sites for hydroxylation is 2. The number of imidazole rings is 1. The van der Waals surface area contributed by atoms with Crippen LogP contribution in [-0.4, -0.2) is 15.0 Å². The fourth-order valence-electron chi connectivity index (χ4n) is 2.05. The molecule has 0 unspecified atom stereocenters. The molecular formula is C13H12F2N4S. The second-order valence-electron chi connectivity index (χ2n) is 4.50. The molecule has 3 aromatic rings. The lowest BCUT2D eigenvalue weighted by molar-refractivity contribution is 0.510. The molecular weight excluding hydrogens is 282 g/mol. The minimum atomic E-state index is -0.881. The quantitative estimate of drug-likeness (QED) is 0.777. The maximum absolute atomic E-state index is 13.1. The van der Waals surface area contributed by atoms with E-state index < -0.39 is 11.6 Å². The van der Waals surface area contributed by atoms with E-state index in [1.165, 1.54) is 11.3 Å². The van der Waals surface area contributed by atoms with Crippen LogP contribution < -0.4 is 5.73 Å². The summed E-state index contributed by atoms with van der Waals surface area (Å²) in [4.78, 5) is 11.4. The lowest BCUT2D eigenvalue weighted by Gasteiger charge is -1.95. The fraction of sp³-hybridized carbons (Fsp3) is 0.231. The number of hydrogen-bond donors (Lipinski definition) is 2. The van der Waals surface area contributed by atoms with Crippen molar-refractivity contribution in [2.75, 3.05) is 5.73 Å². The van der Waals surface area contributed by atoms with Crippen molar-refractivity contribution in [2.24, 2.45) is 0 Å². The molecule has 0 radical (unpaired) electrons. The molecule has 0 aliphatic heterocycles. The van der Waals surface area contributed by atoms with E-state index in [0.717, 1.165) is 30.7 Å². The number of rotatable bonds is 4. The van der Waals surface area contributed by atoms with Crippen molar-refractivity contribution in [1.29, 1.82) is 0 Å². The third-order valence-electron chi connectivity index (χ3n) is 2.99. The number of nitrogens with one attached hydrogen (secondary N) is 1. The molecule has 0 atom stereocenters. The molecule has 1 aromatic carbocycles. The van der Waals surface area contributed by atoms with Crippen LogP contribution in [0.1, 0.15) is 17.9 Å². The van der Waals surface area contributed by atoms with E-state index in [4.69, 9.17) is 5.73 Å². The van der Waals surface area contributed by atoms with Crippen LogP contribution in [0.15, 0.2) is 17.5 Å². The van der Waals surface area contributed by atoms with Gasteiger partial charge in [0.15, 0.2) is 16.8 Å². The first-order chi connectivity index (χ1) is 9.61. The highest BCUT2D eigenvalue weighted by Crippen LogP contribution is 2.18. The molecule has 3 rings (SSSR count). The number of thiazole rings is 1. The van der Waals surface area contributed by atoms with Gasteiger partial charge >= 0.3 is 0 Å². The first-order valence-electron chi connectivity index (χ1n) is 6.15. The summed E-state index contributed by atoms with van der Waals surface area (Å²) < 4.78 is 26.2.